The van der Waals surface area contributed by atoms with Crippen LogP contribution in [0, 0.1) is 0 Å². The van der Waals surface area contributed by atoms with Gasteiger partial charge in [0.2, 0.25) is 0 Å². The van der Waals surface area contributed by atoms with Crippen LogP contribution >= 0.6 is 23.4 Å². The summed E-state index contributed by atoms with van der Waals surface area (Å²) in [5.74, 6) is 0.976. The lowest BCUT2D eigenvalue weighted by molar-refractivity contribution is 0.945. The molecule has 0 aliphatic carbocycles. The van der Waals surface area contributed by atoms with Gasteiger partial charge >= 0.3 is 0 Å². The average Bonchev–Trinajstić information content (AvgIpc) is 2.63. The summed E-state index contributed by atoms with van der Waals surface area (Å²) in [6.07, 6.45) is 1.07. The van der Waals surface area contributed by atoms with E-state index in [1.807, 2.05) is 0 Å². The Morgan fingerprint density at radius 2 is 2.29 bits per heavy atom. The Labute approximate surface area is 89.7 Å². The van der Waals surface area contributed by atoms with E-state index in [9.17, 15) is 0 Å². The van der Waals surface area contributed by atoms with Gasteiger partial charge in [-0.05, 0) is 6.42 Å². The zero-order valence-corrected chi connectivity index (χ0v) is 9.06. The Balaban J connectivity index is 2.38. The molecule has 74 valence electrons. The van der Waals surface area contributed by atoms with Gasteiger partial charge in [-0.1, -0.05) is 35.5 Å². The van der Waals surface area contributed by atoms with E-state index >= 15 is 0 Å². The molecule has 1 N–H and O–H groups in total. The number of nitrogens with one attached hydrogen (secondary N) is 1. The Morgan fingerprint density at radius 3 is 3.07 bits per heavy atom. The van der Waals surface area contributed by atoms with Gasteiger partial charge in [0, 0.05) is 5.75 Å². The van der Waals surface area contributed by atoms with Gasteiger partial charge < -0.3 is 0 Å². The summed E-state index contributed by atoms with van der Waals surface area (Å²) < 4.78 is 0. The van der Waals surface area contributed by atoms with Gasteiger partial charge in [-0.25, -0.2) is 15.1 Å². The number of fused-ring (bicyclic) bond motifs is 1. The molecule has 5 nitrogen and oxygen atoms in total. The number of nitrogens with zero attached hydrogens (tertiary/aromatic N) is 4. The van der Waals surface area contributed by atoms with E-state index in [0.29, 0.717) is 21.5 Å². The fourth-order valence-electron chi connectivity index (χ4n) is 0.955. The molecular formula is C7H8ClN5S. The molecule has 2 aromatic heterocycles. The van der Waals surface area contributed by atoms with Crippen LogP contribution in [-0.2, 0) is 0 Å². The van der Waals surface area contributed by atoms with Gasteiger partial charge in [0.1, 0.15) is 0 Å². The SMILES string of the molecule is CCCSc1nc(Cl)c2nn[nH]c2n1. The van der Waals surface area contributed by atoms with Crippen molar-refractivity contribution < 1.29 is 0 Å². The lowest BCUT2D eigenvalue weighted by Crippen LogP contribution is -1.90. The first kappa shape index (κ1) is 9.67. The molecule has 0 atom stereocenters. The zero-order chi connectivity index (χ0) is 9.97. The molecule has 0 radical (unpaired) electrons. The van der Waals surface area contributed by atoms with Crippen LogP contribution in [0.4, 0.5) is 0 Å². The van der Waals surface area contributed by atoms with Crippen LogP contribution < -0.4 is 0 Å². The predicted molar refractivity (Wildman–Crippen MR) is 55.5 cm³/mol. The van der Waals surface area contributed by atoms with E-state index in [1.54, 1.807) is 11.8 Å². The molecule has 0 amide bonds. The van der Waals surface area contributed by atoms with Gasteiger partial charge in [0.15, 0.2) is 21.5 Å². The van der Waals surface area contributed by atoms with Crippen LogP contribution in [0.1, 0.15) is 13.3 Å². The van der Waals surface area contributed by atoms with Gasteiger partial charge in [0.25, 0.3) is 0 Å². The number of aromatic nitrogens is 5. The van der Waals surface area contributed by atoms with E-state index < -0.39 is 0 Å². The molecule has 0 spiro atoms. The van der Waals surface area contributed by atoms with Gasteiger partial charge in [-0.2, -0.15) is 0 Å². The molecule has 0 saturated heterocycles. The summed E-state index contributed by atoms with van der Waals surface area (Å²) in [5, 5.41) is 11.1. The van der Waals surface area contributed by atoms with Crippen LogP contribution in [0.25, 0.3) is 11.2 Å². The van der Waals surface area contributed by atoms with E-state index in [2.05, 4.69) is 32.3 Å². The third kappa shape index (κ3) is 1.80. The van der Waals surface area contributed by atoms with Gasteiger partial charge in [-0.3, -0.25) is 0 Å². The molecule has 2 rings (SSSR count). The minimum atomic E-state index is 0.349. The molecule has 2 heterocycles. The number of aromatic amines is 1. The molecule has 0 aliphatic heterocycles. The lowest BCUT2D eigenvalue weighted by atomic mass is 10.6. The normalized spacial score (nSPS) is 11.0. The molecular weight excluding hydrogens is 222 g/mol. The van der Waals surface area contributed by atoms with Crippen LogP contribution in [0.5, 0.6) is 0 Å². The molecule has 0 aliphatic rings. The van der Waals surface area contributed by atoms with Crippen molar-refractivity contribution in [3.63, 3.8) is 0 Å². The van der Waals surface area contributed by atoms with Crippen molar-refractivity contribution in [1.82, 2.24) is 25.4 Å². The average molecular weight is 230 g/mol. The van der Waals surface area contributed by atoms with Crippen molar-refractivity contribution in [2.75, 3.05) is 5.75 Å². The molecule has 0 saturated carbocycles. The van der Waals surface area contributed by atoms with Crippen molar-refractivity contribution in [3.05, 3.63) is 5.15 Å². The number of rotatable bonds is 3. The minimum Gasteiger partial charge on any atom is -0.240 e. The maximum absolute atomic E-state index is 5.90. The van der Waals surface area contributed by atoms with Crippen molar-refractivity contribution in [3.8, 4) is 0 Å². The Kier molecular flexibility index (Phi) is 2.83. The fraction of sp³-hybridized carbons (Fsp3) is 0.429. The van der Waals surface area contributed by atoms with Crippen LogP contribution in [0.3, 0.4) is 0 Å². The summed E-state index contributed by atoms with van der Waals surface area (Å²) in [6.45, 7) is 2.10. The first-order valence-electron chi connectivity index (χ1n) is 4.18. The number of halogens is 1. The predicted octanol–water partition coefficient (Wildman–Crippen LogP) is 1.90. The second-order valence-electron chi connectivity index (χ2n) is 2.65. The third-order valence-corrected chi connectivity index (χ3v) is 2.88. The number of H-pyrrole nitrogens is 1. The van der Waals surface area contributed by atoms with Gasteiger partial charge in [0.05, 0.1) is 0 Å². The highest BCUT2D eigenvalue weighted by atomic mass is 35.5. The van der Waals surface area contributed by atoms with Crippen LogP contribution in [0.2, 0.25) is 5.15 Å². The van der Waals surface area contributed by atoms with E-state index in [-0.39, 0.29) is 0 Å². The first-order chi connectivity index (χ1) is 6.81. The quantitative estimate of drug-likeness (QED) is 0.495. The summed E-state index contributed by atoms with van der Waals surface area (Å²) in [4.78, 5) is 8.33. The maximum Gasteiger partial charge on any atom is 0.191 e. The molecule has 0 fully saturated rings. The number of hydrogen-bond acceptors (Lipinski definition) is 5. The third-order valence-electron chi connectivity index (χ3n) is 1.56. The highest BCUT2D eigenvalue weighted by molar-refractivity contribution is 7.99. The molecule has 0 aromatic carbocycles. The Morgan fingerprint density at radius 1 is 1.43 bits per heavy atom. The van der Waals surface area contributed by atoms with Crippen molar-refractivity contribution in [2.24, 2.45) is 0 Å². The van der Waals surface area contributed by atoms with Crippen molar-refractivity contribution in [2.45, 2.75) is 18.5 Å². The molecule has 0 unspecified atom stereocenters. The van der Waals surface area contributed by atoms with Crippen LogP contribution in [0.15, 0.2) is 5.16 Å². The second-order valence-corrected chi connectivity index (χ2v) is 4.07. The summed E-state index contributed by atoms with van der Waals surface area (Å²) in [6, 6.07) is 0. The van der Waals surface area contributed by atoms with Gasteiger partial charge in [-0.15, -0.1) is 5.10 Å². The molecule has 7 heteroatoms. The molecule has 0 bridgehead atoms. The standard InChI is InChI=1S/C7H8ClN5S/c1-2-3-14-7-9-5(8)4-6(10-7)12-13-11-4/h2-3H2,1H3,(H,9,10,11,12,13). The molecule has 2 aromatic rings. The van der Waals surface area contributed by atoms with E-state index in [4.69, 9.17) is 11.6 Å². The lowest BCUT2D eigenvalue weighted by Gasteiger charge is -1.97. The first-order valence-corrected chi connectivity index (χ1v) is 5.54. The maximum atomic E-state index is 5.90. The summed E-state index contributed by atoms with van der Waals surface area (Å²) in [7, 11) is 0. The zero-order valence-electron chi connectivity index (χ0n) is 7.49. The number of hydrogen-bond donors (Lipinski definition) is 1. The van der Waals surface area contributed by atoms with E-state index in [0.717, 1.165) is 12.2 Å². The highest BCUT2D eigenvalue weighted by Gasteiger charge is 2.08. The van der Waals surface area contributed by atoms with Crippen molar-refractivity contribution in [1.29, 1.82) is 0 Å². The second kappa shape index (κ2) is 4.10. The van der Waals surface area contributed by atoms with Crippen molar-refractivity contribution >= 4 is 34.5 Å². The molecule has 14 heavy (non-hydrogen) atoms. The summed E-state index contributed by atoms with van der Waals surface area (Å²) >= 11 is 7.47. The monoisotopic (exact) mass is 229 g/mol. The summed E-state index contributed by atoms with van der Waals surface area (Å²) in [5.41, 5.74) is 1.11. The highest BCUT2D eigenvalue weighted by Crippen LogP contribution is 2.21. The minimum absolute atomic E-state index is 0.349. The largest absolute Gasteiger partial charge is 0.240 e. The van der Waals surface area contributed by atoms with Crippen LogP contribution in [-0.4, -0.2) is 31.1 Å². The van der Waals surface area contributed by atoms with E-state index in [1.165, 1.54) is 0 Å². The fourth-order valence-corrected chi connectivity index (χ4v) is 1.91. The topological polar surface area (TPSA) is 67.3 Å². The Hall–Kier alpha value is -0.880. The smallest absolute Gasteiger partial charge is 0.191 e. The number of thioether (sulfide) groups is 1. The Bertz CT molecular complexity index is 443.